The number of nitrogens with one attached hydrogen (secondary N) is 1. The Morgan fingerprint density at radius 3 is 2.78 bits per heavy atom. The van der Waals surface area contributed by atoms with E-state index in [1.807, 2.05) is 6.07 Å². The number of rotatable bonds is 6. The van der Waals surface area contributed by atoms with Crippen LogP contribution >= 0.6 is 11.3 Å². The van der Waals surface area contributed by atoms with Gasteiger partial charge < -0.3 is 5.32 Å². The lowest BCUT2D eigenvalue weighted by atomic mass is 10.2. The minimum atomic E-state index is 0.500. The third-order valence-electron chi connectivity index (χ3n) is 2.84. The number of benzene rings is 1. The van der Waals surface area contributed by atoms with Crippen molar-refractivity contribution in [2.24, 2.45) is 0 Å². The van der Waals surface area contributed by atoms with Gasteiger partial charge in [0.1, 0.15) is 0 Å². The van der Waals surface area contributed by atoms with Gasteiger partial charge in [-0.3, -0.25) is 0 Å². The monoisotopic (exact) mass is 260 g/mol. The molecule has 2 rings (SSSR count). The molecule has 96 valence electrons. The summed E-state index contributed by atoms with van der Waals surface area (Å²) in [5.41, 5.74) is 2.30. The molecule has 0 radical (unpaired) electrons. The maximum absolute atomic E-state index is 4.71. The summed E-state index contributed by atoms with van der Waals surface area (Å²) in [6, 6.07) is 10.9. The van der Waals surface area contributed by atoms with Crippen LogP contribution in [0.5, 0.6) is 0 Å². The second kappa shape index (κ2) is 6.66. The number of hydrogen-bond acceptors (Lipinski definition) is 3. The van der Waals surface area contributed by atoms with Crippen LogP contribution in [-0.4, -0.2) is 17.6 Å². The Balaban J connectivity index is 1.98. The van der Waals surface area contributed by atoms with E-state index in [1.54, 1.807) is 11.3 Å². The van der Waals surface area contributed by atoms with Gasteiger partial charge in [-0.05, 0) is 19.9 Å². The number of hydrogen-bond donors (Lipinski definition) is 1. The highest BCUT2D eigenvalue weighted by Gasteiger charge is 2.07. The van der Waals surface area contributed by atoms with Gasteiger partial charge in [-0.2, -0.15) is 0 Å². The van der Waals surface area contributed by atoms with Crippen LogP contribution in [0.2, 0.25) is 0 Å². The molecule has 0 amide bonds. The number of thiazole rings is 1. The Kier molecular flexibility index (Phi) is 4.90. The van der Waals surface area contributed by atoms with Crippen molar-refractivity contribution in [2.45, 2.75) is 32.7 Å². The van der Waals surface area contributed by atoms with Crippen LogP contribution in [0.15, 0.2) is 35.7 Å². The minimum Gasteiger partial charge on any atom is -0.314 e. The Labute approximate surface area is 113 Å². The first kappa shape index (κ1) is 13.2. The molecule has 0 aliphatic rings. The smallest absolute Gasteiger partial charge is 0.0948 e. The molecule has 2 aromatic rings. The lowest BCUT2D eigenvalue weighted by Crippen LogP contribution is -2.28. The second-order valence-corrected chi connectivity index (χ2v) is 5.49. The molecule has 1 N–H and O–H groups in total. The molecule has 1 atom stereocenters. The van der Waals surface area contributed by atoms with Crippen LogP contribution in [0.1, 0.15) is 25.3 Å². The summed E-state index contributed by atoms with van der Waals surface area (Å²) in [6.45, 7) is 5.49. The average molecular weight is 260 g/mol. The molecule has 0 saturated carbocycles. The molecule has 3 heteroatoms. The minimum absolute atomic E-state index is 0.500. The third-order valence-corrected chi connectivity index (χ3v) is 3.72. The van der Waals surface area contributed by atoms with Crippen LogP contribution < -0.4 is 5.32 Å². The zero-order chi connectivity index (χ0) is 12.8. The molecule has 1 aromatic heterocycles. The molecule has 0 aliphatic carbocycles. The van der Waals surface area contributed by atoms with Crippen molar-refractivity contribution in [3.8, 4) is 11.3 Å². The van der Waals surface area contributed by atoms with E-state index in [4.69, 9.17) is 4.98 Å². The summed E-state index contributed by atoms with van der Waals surface area (Å²) < 4.78 is 0. The summed E-state index contributed by atoms with van der Waals surface area (Å²) in [6.07, 6.45) is 2.19. The Hall–Kier alpha value is -1.19. The summed E-state index contributed by atoms with van der Waals surface area (Å²) in [5.74, 6) is 0. The van der Waals surface area contributed by atoms with E-state index < -0.39 is 0 Å². The van der Waals surface area contributed by atoms with Crippen LogP contribution in [0.3, 0.4) is 0 Å². The summed E-state index contributed by atoms with van der Waals surface area (Å²) in [4.78, 5) is 4.71. The molecule has 1 unspecified atom stereocenters. The van der Waals surface area contributed by atoms with Gasteiger partial charge in [0.15, 0.2) is 0 Å². The van der Waals surface area contributed by atoms with Crippen molar-refractivity contribution in [1.82, 2.24) is 10.3 Å². The largest absolute Gasteiger partial charge is 0.314 e. The fourth-order valence-corrected chi connectivity index (χ4v) is 2.80. The second-order valence-electron chi connectivity index (χ2n) is 4.55. The van der Waals surface area contributed by atoms with Crippen molar-refractivity contribution in [3.63, 3.8) is 0 Å². The van der Waals surface area contributed by atoms with E-state index in [0.29, 0.717) is 6.04 Å². The molecular formula is C15H20N2S. The van der Waals surface area contributed by atoms with E-state index in [2.05, 4.69) is 48.8 Å². The first-order chi connectivity index (χ1) is 8.79. The molecule has 0 saturated heterocycles. The Morgan fingerprint density at radius 1 is 1.28 bits per heavy atom. The SMILES string of the molecule is CCCNC(C)Cc1nc(-c2ccccc2)cs1. The van der Waals surface area contributed by atoms with E-state index >= 15 is 0 Å². The Morgan fingerprint density at radius 2 is 2.06 bits per heavy atom. The zero-order valence-corrected chi connectivity index (χ0v) is 11.8. The summed E-state index contributed by atoms with van der Waals surface area (Å²) >= 11 is 1.76. The molecule has 0 fully saturated rings. The predicted molar refractivity (Wildman–Crippen MR) is 79.0 cm³/mol. The fourth-order valence-electron chi connectivity index (χ4n) is 1.87. The van der Waals surface area contributed by atoms with Gasteiger partial charge in [-0.15, -0.1) is 11.3 Å². The highest BCUT2D eigenvalue weighted by Crippen LogP contribution is 2.22. The standard InChI is InChI=1S/C15H20N2S/c1-3-9-16-12(2)10-15-17-14(11-18-15)13-7-5-4-6-8-13/h4-8,11-12,16H,3,9-10H2,1-2H3. The van der Waals surface area contributed by atoms with Gasteiger partial charge in [-0.25, -0.2) is 4.98 Å². The lowest BCUT2D eigenvalue weighted by molar-refractivity contribution is 0.543. The zero-order valence-electron chi connectivity index (χ0n) is 11.0. The first-order valence-electron chi connectivity index (χ1n) is 6.52. The molecule has 0 bridgehead atoms. The van der Waals surface area contributed by atoms with Gasteiger partial charge in [0, 0.05) is 23.4 Å². The maximum atomic E-state index is 4.71. The molecular weight excluding hydrogens is 240 g/mol. The van der Waals surface area contributed by atoms with Gasteiger partial charge >= 0.3 is 0 Å². The van der Waals surface area contributed by atoms with Crippen LogP contribution in [0.4, 0.5) is 0 Å². The van der Waals surface area contributed by atoms with Crippen LogP contribution in [-0.2, 0) is 6.42 Å². The quantitative estimate of drug-likeness (QED) is 0.856. The van der Waals surface area contributed by atoms with Crippen molar-refractivity contribution < 1.29 is 0 Å². The van der Waals surface area contributed by atoms with E-state index in [0.717, 1.165) is 18.7 Å². The summed E-state index contributed by atoms with van der Waals surface area (Å²) in [7, 11) is 0. The van der Waals surface area contributed by atoms with Gasteiger partial charge in [0.2, 0.25) is 0 Å². The molecule has 1 aromatic carbocycles. The summed E-state index contributed by atoms with van der Waals surface area (Å²) in [5, 5.41) is 6.86. The van der Waals surface area contributed by atoms with Crippen molar-refractivity contribution in [1.29, 1.82) is 0 Å². The lowest BCUT2D eigenvalue weighted by Gasteiger charge is -2.10. The maximum Gasteiger partial charge on any atom is 0.0948 e. The topological polar surface area (TPSA) is 24.9 Å². The third kappa shape index (κ3) is 3.65. The van der Waals surface area contributed by atoms with E-state index in [-0.39, 0.29) is 0 Å². The molecule has 18 heavy (non-hydrogen) atoms. The predicted octanol–water partition coefficient (Wildman–Crippen LogP) is 3.74. The number of nitrogens with zero attached hydrogens (tertiary/aromatic N) is 1. The van der Waals surface area contributed by atoms with Crippen molar-refractivity contribution in [3.05, 3.63) is 40.7 Å². The first-order valence-corrected chi connectivity index (χ1v) is 7.40. The number of aromatic nitrogens is 1. The fraction of sp³-hybridized carbons (Fsp3) is 0.400. The Bertz CT molecular complexity index is 464. The molecule has 0 spiro atoms. The van der Waals surface area contributed by atoms with E-state index in [9.17, 15) is 0 Å². The van der Waals surface area contributed by atoms with Crippen molar-refractivity contribution in [2.75, 3.05) is 6.54 Å². The van der Waals surface area contributed by atoms with Gasteiger partial charge in [-0.1, -0.05) is 37.3 Å². The average Bonchev–Trinajstić information content (AvgIpc) is 2.86. The molecule has 0 aliphatic heterocycles. The van der Waals surface area contributed by atoms with Crippen LogP contribution in [0.25, 0.3) is 11.3 Å². The highest BCUT2D eigenvalue weighted by molar-refractivity contribution is 7.09. The molecule has 1 heterocycles. The van der Waals surface area contributed by atoms with Crippen molar-refractivity contribution >= 4 is 11.3 Å². The van der Waals surface area contributed by atoms with E-state index in [1.165, 1.54) is 17.0 Å². The molecule has 2 nitrogen and oxygen atoms in total. The van der Waals surface area contributed by atoms with Gasteiger partial charge in [0.25, 0.3) is 0 Å². The normalized spacial score (nSPS) is 12.6. The van der Waals surface area contributed by atoms with Crippen LogP contribution in [0, 0.1) is 0 Å². The highest BCUT2D eigenvalue weighted by atomic mass is 32.1. The van der Waals surface area contributed by atoms with Gasteiger partial charge in [0.05, 0.1) is 10.7 Å².